The summed E-state index contributed by atoms with van der Waals surface area (Å²) in [5.74, 6) is 0.848. The highest BCUT2D eigenvalue weighted by Gasteiger charge is 2.17. The Labute approximate surface area is 107 Å². The van der Waals surface area contributed by atoms with Crippen LogP contribution >= 0.6 is 0 Å². The van der Waals surface area contributed by atoms with Gasteiger partial charge >= 0.3 is 0 Å². The van der Waals surface area contributed by atoms with Gasteiger partial charge in [0, 0.05) is 40.6 Å². The Morgan fingerprint density at radius 2 is 2.17 bits per heavy atom. The lowest BCUT2D eigenvalue weighted by Crippen LogP contribution is -2.21. The Bertz CT molecular complexity index is 573. The van der Waals surface area contributed by atoms with Crippen LogP contribution in [0.3, 0.4) is 0 Å². The molecular weight excluding hydrogens is 222 g/mol. The van der Waals surface area contributed by atoms with E-state index in [4.69, 9.17) is 5.73 Å². The fourth-order valence-corrected chi connectivity index (χ4v) is 2.47. The number of nitrogens with one attached hydrogen (secondary N) is 1. The smallest absolute Gasteiger partial charge is 0.0422 e. The Morgan fingerprint density at radius 1 is 1.33 bits per heavy atom. The number of nitrogens with two attached hydrogens (primary N) is 1. The van der Waals surface area contributed by atoms with Crippen molar-refractivity contribution < 1.29 is 0 Å². The lowest BCUT2D eigenvalue weighted by atomic mass is 9.85. The number of hydrogen-bond acceptors (Lipinski definition) is 3. The summed E-state index contributed by atoms with van der Waals surface area (Å²) in [7, 11) is 0. The largest absolute Gasteiger partial charge is 0.398 e. The zero-order valence-corrected chi connectivity index (χ0v) is 10.7. The van der Waals surface area contributed by atoms with Crippen molar-refractivity contribution in [3.63, 3.8) is 0 Å². The molecule has 0 atom stereocenters. The quantitative estimate of drug-likeness (QED) is 0.810. The highest BCUT2D eigenvalue weighted by Crippen LogP contribution is 2.30. The van der Waals surface area contributed by atoms with Crippen molar-refractivity contribution in [2.24, 2.45) is 5.92 Å². The van der Waals surface area contributed by atoms with Crippen LogP contribution in [0, 0.1) is 12.8 Å². The summed E-state index contributed by atoms with van der Waals surface area (Å²) in [5.41, 5.74) is 9.00. The number of benzene rings is 1. The summed E-state index contributed by atoms with van der Waals surface area (Å²) < 4.78 is 0. The van der Waals surface area contributed by atoms with Crippen molar-refractivity contribution in [3.8, 4) is 0 Å². The van der Waals surface area contributed by atoms with E-state index in [-0.39, 0.29) is 0 Å². The van der Waals surface area contributed by atoms with Crippen LogP contribution in [-0.4, -0.2) is 11.5 Å². The molecule has 1 fully saturated rings. The van der Waals surface area contributed by atoms with E-state index in [9.17, 15) is 0 Å². The topological polar surface area (TPSA) is 50.9 Å². The summed E-state index contributed by atoms with van der Waals surface area (Å²) in [6.45, 7) is 3.08. The zero-order chi connectivity index (χ0) is 12.5. The molecule has 1 aliphatic rings. The van der Waals surface area contributed by atoms with Gasteiger partial charge in [-0.15, -0.1) is 0 Å². The fourth-order valence-electron chi connectivity index (χ4n) is 2.47. The molecule has 0 aliphatic heterocycles. The number of aromatic nitrogens is 1. The van der Waals surface area contributed by atoms with Gasteiger partial charge in [-0.3, -0.25) is 4.98 Å². The van der Waals surface area contributed by atoms with Crippen molar-refractivity contribution in [1.29, 1.82) is 0 Å². The first-order valence-corrected chi connectivity index (χ1v) is 6.63. The first-order valence-electron chi connectivity index (χ1n) is 6.63. The van der Waals surface area contributed by atoms with Crippen LogP contribution in [0.5, 0.6) is 0 Å². The van der Waals surface area contributed by atoms with E-state index in [2.05, 4.69) is 22.4 Å². The molecule has 0 amide bonds. The predicted molar refractivity (Wildman–Crippen MR) is 76.7 cm³/mol. The molecule has 0 unspecified atom stereocenters. The molecule has 1 saturated carbocycles. The number of anilines is 2. The summed E-state index contributed by atoms with van der Waals surface area (Å²) in [6.07, 6.45) is 5.98. The molecule has 94 valence electrons. The second-order valence-corrected chi connectivity index (χ2v) is 5.25. The molecule has 1 heterocycles. The molecule has 0 saturated heterocycles. The average molecular weight is 241 g/mol. The Hall–Kier alpha value is -1.77. The summed E-state index contributed by atoms with van der Waals surface area (Å²) in [6, 6.07) is 6.15. The molecule has 18 heavy (non-hydrogen) atoms. The highest BCUT2D eigenvalue weighted by atomic mass is 14.9. The van der Waals surface area contributed by atoms with E-state index in [1.165, 1.54) is 30.3 Å². The van der Waals surface area contributed by atoms with Crippen LogP contribution in [0.4, 0.5) is 11.4 Å². The molecule has 3 rings (SSSR count). The number of pyridine rings is 1. The molecule has 3 heteroatoms. The molecule has 1 aromatic carbocycles. The van der Waals surface area contributed by atoms with Gasteiger partial charge < -0.3 is 11.1 Å². The summed E-state index contributed by atoms with van der Waals surface area (Å²) >= 11 is 0. The maximum Gasteiger partial charge on any atom is 0.0422 e. The number of aryl methyl sites for hydroxylation is 1. The third-order valence-corrected chi connectivity index (χ3v) is 3.88. The van der Waals surface area contributed by atoms with Gasteiger partial charge in [0.2, 0.25) is 0 Å². The first kappa shape index (κ1) is 11.3. The first-order chi connectivity index (χ1) is 8.74. The molecule has 3 nitrogen and oxygen atoms in total. The number of nitrogens with zero attached hydrogens (tertiary/aromatic N) is 1. The van der Waals surface area contributed by atoms with E-state index >= 15 is 0 Å². The Kier molecular flexibility index (Phi) is 2.82. The van der Waals surface area contributed by atoms with Crippen LogP contribution in [0.2, 0.25) is 0 Å². The van der Waals surface area contributed by atoms with Crippen molar-refractivity contribution in [2.45, 2.75) is 26.2 Å². The number of hydrogen-bond donors (Lipinski definition) is 2. The predicted octanol–water partition coefficient (Wildman–Crippen LogP) is 3.34. The molecule has 0 bridgehead atoms. The van der Waals surface area contributed by atoms with Gasteiger partial charge in [0.05, 0.1) is 0 Å². The van der Waals surface area contributed by atoms with Gasteiger partial charge in [-0.05, 0) is 43.9 Å². The minimum Gasteiger partial charge on any atom is -0.398 e. The van der Waals surface area contributed by atoms with Gasteiger partial charge in [0.1, 0.15) is 0 Å². The zero-order valence-electron chi connectivity index (χ0n) is 10.7. The van der Waals surface area contributed by atoms with Gasteiger partial charge in [-0.1, -0.05) is 6.42 Å². The molecule has 0 radical (unpaired) electrons. The van der Waals surface area contributed by atoms with E-state index in [1.807, 2.05) is 19.2 Å². The van der Waals surface area contributed by atoms with Crippen molar-refractivity contribution in [3.05, 3.63) is 30.1 Å². The van der Waals surface area contributed by atoms with Crippen LogP contribution < -0.4 is 11.1 Å². The minimum atomic E-state index is 0.798. The molecule has 2 aromatic rings. The molecule has 0 spiro atoms. The number of rotatable bonds is 3. The number of fused-ring (bicyclic) bond motifs is 1. The van der Waals surface area contributed by atoms with E-state index in [1.54, 1.807) is 0 Å². The Balaban J connectivity index is 1.94. The van der Waals surface area contributed by atoms with E-state index in [0.717, 1.165) is 29.2 Å². The lowest BCUT2D eigenvalue weighted by molar-refractivity contribution is 0.333. The molecule has 1 aromatic heterocycles. The highest BCUT2D eigenvalue weighted by molar-refractivity contribution is 6.00. The normalized spacial score (nSPS) is 15.6. The molecular formula is C15H19N3. The molecule has 3 N–H and O–H groups in total. The molecule has 1 aliphatic carbocycles. The van der Waals surface area contributed by atoms with Gasteiger partial charge in [-0.25, -0.2) is 0 Å². The third-order valence-electron chi connectivity index (χ3n) is 3.88. The van der Waals surface area contributed by atoms with Crippen LogP contribution in [-0.2, 0) is 0 Å². The second-order valence-electron chi connectivity index (χ2n) is 5.25. The average Bonchev–Trinajstić information content (AvgIpc) is 2.30. The maximum absolute atomic E-state index is 6.00. The monoisotopic (exact) mass is 241 g/mol. The van der Waals surface area contributed by atoms with Crippen molar-refractivity contribution >= 4 is 22.1 Å². The third kappa shape index (κ3) is 2.01. The van der Waals surface area contributed by atoms with Gasteiger partial charge in [0.15, 0.2) is 0 Å². The SMILES string of the molecule is Cc1cc2c(NCC3CCC3)ccc(N)c2cn1. The summed E-state index contributed by atoms with van der Waals surface area (Å²) in [5, 5.41) is 5.78. The summed E-state index contributed by atoms with van der Waals surface area (Å²) in [4.78, 5) is 4.32. The lowest BCUT2D eigenvalue weighted by Gasteiger charge is -2.26. The van der Waals surface area contributed by atoms with E-state index < -0.39 is 0 Å². The number of nitrogen functional groups attached to an aromatic ring is 1. The van der Waals surface area contributed by atoms with Gasteiger partial charge in [0.25, 0.3) is 0 Å². The second kappa shape index (κ2) is 4.48. The standard InChI is InChI=1S/C15H19N3/c1-10-7-12-13(9-17-10)14(16)5-6-15(12)18-8-11-3-2-4-11/h5-7,9,11,18H,2-4,8,16H2,1H3. The Morgan fingerprint density at radius 3 is 2.89 bits per heavy atom. The minimum absolute atomic E-state index is 0.798. The van der Waals surface area contributed by atoms with Crippen molar-refractivity contribution in [1.82, 2.24) is 4.98 Å². The van der Waals surface area contributed by atoms with Crippen molar-refractivity contribution in [2.75, 3.05) is 17.6 Å². The fraction of sp³-hybridized carbons (Fsp3) is 0.400. The van der Waals surface area contributed by atoms with Crippen LogP contribution in [0.15, 0.2) is 24.4 Å². The maximum atomic E-state index is 6.00. The van der Waals surface area contributed by atoms with Gasteiger partial charge in [-0.2, -0.15) is 0 Å². The van der Waals surface area contributed by atoms with E-state index in [0.29, 0.717) is 0 Å². The van der Waals surface area contributed by atoms with Crippen LogP contribution in [0.25, 0.3) is 10.8 Å². The van der Waals surface area contributed by atoms with Crippen LogP contribution in [0.1, 0.15) is 25.0 Å².